The molecule has 0 radical (unpaired) electrons. The zero-order valence-electron chi connectivity index (χ0n) is 11.2. The van der Waals surface area contributed by atoms with Crippen LogP contribution in [0.1, 0.15) is 23.7 Å². The first kappa shape index (κ1) is 14.7. The van der Waals surface area contributed by atoms with Crippen LogP contribution in [-0.4, -0.2) is 31.7 Å². The van der Waals surface area contributed by atoms with Gasteiger partial charge in [-0.1, -0.05) is 19.1 Å². The number of ether oxygens (including phenoxy) is 1. The number of rotatable bonds is 4. The monoisotopic (exact) mass is 284 g/mol. The van der Waals surface area contributed by atoms with Crippen molar-refractivity contribution >= 4 is 5.91 Å². The lowest BCUT2D eigenvalue weighted by atomic mass is 9.94. The summed E-state index contributed by atoms with van der Waals surface area (Å²) in [6.07, 6.45) is 0.972. The van der Waals surface area contributed by atoms with E-state index in [0.717, 1.165) is 13.0 Å². The smallest absolute Gasteiger partial charge is 0.387 e. The second-order valence-electron chi connectivity index (χ2n) is 4.92. The fourth-order valence-corrected chi connectivity index (χ4v) is 2.28. The van der Waals surface area contributed by atoms with Crippen LogP contribution in [-0.2, 0) is 0 Å². The summed E-state index contributed by atoms with van der Waals surface area (Å²) in [5, 5.41) is 6.08. The van der Waals surface area contributed by atoms with Gasteiger partial charge in [0, 0.05) is 12.6 Å². The number of piperidine rings is 1. The van der Waals surface area contributed by atoms with Crippen LogP contribution in [0.25, 0.3) is 0 Å². The first-order valence-corrected chi connectivity index (χ1v) is 6.63. The molecule has 2 rings (SSSR count). The van der Waals surface area contributed by atoms with E-state index in [0.29, 0.717) is 12.5 Å². The number of para-hydroxylation sites is 1. The van der Waals surface area contributed by atoms with Gasteiger partial charge in [-0.2, -0.15) is 8.78 Å². The minimum Gasteiger partial charge on any atom is -0.434 e. The number of halogens is 2. The molecule has 4 nitrogen and oxygen atoms in total. The normalized spacial score (nSPS) is 22.6. The van der Waals surface area contributed by atoms with Gasteiger partial charge in [0.15, 0.2) is 0 Å². The van der Waals surface area contributed by atoms with E-state index in [1.165, 1.54) is 12.1 Å². The Morgan fingerprint density at radius 3 is 2.90 bits per heavy atom. The summed E-state index contributed by atoms with van der Waals surface area (Å²) in [6, 6.07) is 6.02. The van der Waals surface area contributed by atoms with Gasteiger partial charge in [-0.25, -0.2) is 0 Å². The van der Waals surface area contributed by atoms with E-state index < -0.39 is 6.61 Å². The number of nitrogens with one attached hydrogen (secondary N) is 2. The number of carbonyl (C=O) groups excluding carboxylic acids is 1. The number of alkyl halides is 2. The minimum absolute atomic E-state index is 0.00384. The zero-order valence-corrected chi connectivity index (χ0v) is 11.2. The Hall–Kier alpha value is -1.69. The molecule has 1 amide bonds. The SMILES string of the molecule is CC1CCNCC1NC(=O)c1ccccc1OC(F)F. The molecule has 0 saturated carbocycles. The summed E-state index contributed by atoms with van der Waals surface area (Å²) in [6.45, 7) is 0.732. The number of benzene rings is 1. The average Bonchev–Trinajstić information content (AvgIpc) is 2.41. The van der Waals surface area contributed by atoms with E-state index in [9.17, 15) is 13.6 Å². The Bertz CT molecular complexity index is 468. The zero-order chi connectivity index (χ0) is 14.5. The highest BCUT2D eigenvalue weighted by Crippen LogP contribution is 2.21. The van der Waals surface area contributed by atoms with Crippen LogP contribution in [0.2, 0.25) is 0 Å². The van der Waals surface area contributed by atoms with E-state index in [2.05, 4.69) is 22.3 Å². The fourth-order valence-electron chi connectivity index (χ4n) is 2.28. The van der Waals surface area contributed by atoms with Gasteiger partial charge in [-0.15, -0.1) is 0 Å². The van der Waals surface area contributed by atoms with E-state index in [1.54, 1.807) is 12.1 Å². The third-order valence-electron chi connectivity index (χ3n) is 3.49. The molecule has 1 aromatic rings. The van der Waals surface area contributed by atoms with Crippen molar-refractivity contribution < 1.29 is 18.3 Å². The molecule has 2 N–H and O–H groups in total. The summed E-state index contributed by atoms with van der Waals surface area (Å²) in [7, 11) is 0. The molecule has 2 unspecified atom stereocenters. The number of amides is 1. The first-order valence-electron chi connectivity index (χ1n) is 6.63. The molecule has 0 aromatic heterocycles. The molecule has 2 atom stereocenters. The predicted octanol–water partition coefficient (Wildman–Crippen LogP) is 2.02. The predicted molar refractivity (Wildman–Crippen MR) is 71.0 cm³/mol. The lowest BCUT2D eigenvalue weighted by molar-refractivity contribution is -0.0501. The molecule has 1 aliphatic rings. The average molecular weight is 284 g/mol. The van der Waals surface area contributed by atoms with Crippen molar-refractivity contribution in [1.29, 1.82) is 0 Å². The maximum absolute atomic E-state index is 12.3. The van der Waals surface area contributed by atoms with Gasteiger partial charge >= 0.3 is 6.61 Å². The van der Waals surface area contributed by atoms with Gasteiger partial charge in [-0.05, 0) is 31.0 Å². The van der Waals surface area contributed by atoms with Crippen LogP contribution < -0.4 is 15.4 Å². The first-order chi connectivity index (χ1) is 9.58. The van der Waals surface area contributed by atoms with Crippen LogP contribution in [0.5, 0.6) is 5.75 Å². The topological polar surface area (TPSA) is 50.4 Å². The van der Waals surface area contributed by atoms with Gasteiger partial charge in [0.25, 0.3) is 5.91 Å². The van der Waals surface area contributed by atoms with Crippen molar-refractivity contribution in [3.8, 4) is 5.75 Å². The van der Waals surface area contributed by atoms with Crippen LogP contribution in [0.15, 0.2) is 24.3 Å². The standard InChI is InChI=1S/C14H18F2N2O2/c1-9-6-7-17-8-11(9)18-13(19)10-4-2-3-5-12(10)20-14(15)16/h2-5,9,11,14,17H,6-8H2,1H3,(H,18,19). The lowest BCUT2D eigenvalue weighted by Crippen LogP contribution is -2.50. The Kier molecular flexibility index (Phi) is 4.89. The van der Waals surface area contributed by atoms with E-state index >= 15 is 0 Å². The van der Waals surface area contributed by atoms with E-state index in [1.807, 2.05) is 0 Å². The molecule has 1 aliphatic heterocycles. The minimum atomic E-state index is -2.95. The quantitative estimate of drug-likeness (QED) is 0.889. The van der Waals surface area contributed by atoms with E-state index in [4.69, 9.17) is 0 Å². The summed E-state index contributed by atoms with van der Waals surface area (Å²) < 4.78 is 29.0. The van der Waals surface area contributed by atoms with Crippen molar-refractivity contribution in [2.45, 2.75) is 26.0 Å². The van der Waals surface area contributed by atoms with Gasteiger partial charge in [0.2, 0.25) is 0 Å². The van der Waals surface area contributed by atoms with Crippen LogP contribution in [0.4, 0.5) is 8.78 Å². The summed E-state index contributed by atoms with van der Waals surface area (Å²) in [5.41, 5.74) is 0.130. The molecule has 0 bridgehead atoms. The maximum atomic E-state index is 12.3. The summed E-state index contributed by atoms with van der Waals surface area (Å²) in [5.74, 6) is -0.137. The van der Waals surface area contributed by atoms with Gasteiger partial charge in [0.1, 0.15) is 5.75 Å². The Morgan fingerprint density at radius 2 is 2.20 bits per heavy atom. The Balaban J connectivity index is 2.08. The van der Waals surface area contributed by atoms with Crippen LogP contribution >= 0.6 is 0 Å². The number of carbonyl (C=O) groups is 1. The van der Waals surface area contributed by atoms with Gasteiger partial charge in [0.05, 0.1) is 5.56 Å². The molecule has 110 valence electrons. The number of hydrogen-bond donors (Lipinski definition) is 2. The van der Waals surface area contributed by atoms with Gasteiger partial charge in [-0.3, -0.25) is 4.79 Å². The van der Waals surface area contributed by atoms with Gasteiger partial charge < -0.3 is 15.4 Å². The third-order valence-corrected chi connectivity index (χ3v) is 3.49. The number of hydrogen-bond acceptors (Lipinski definition) is 3. The molecule has 6 heteroatoms. The summed E-state index contributed by atoms with van der Waals surface area (Å²) in [4.78, 5) is 12.2. The molecular formula is C14H18F2N2O2. The van der Waals surface area contributed by atoms with Crippen LogP contribution in [0, 0.1) is 5.92 Å². The molecule has 0 spiro atoms. The fraction of sp³-hybridized carbons (Fsp3) is 0.500. The molecule has 1 aromatic carbocycles. The third kappa shape index (κ3) is 3.66. The van der Waals surface area contributed by atoms with Crippen molar-refractivity contribution in [3.63, 3.8) is 0 Å². The van der Waals surface area contributed by atoms with Crippen molar-refractivity contribution in [3.05, 3.63) is 29.8 Å². The molecule has 1 saturated heterocycles. The lowest BCUT2D eigenvalue weighted by Gasteiger charge is -2.30. The second kappa shape index (κ2) is 6.65. The maximum Gasteiger partial charge on any atom is 0.387 e. The highest BCUT2D eigenvalue weighted by Gasteiger charge is 2.24. The highest BCUT2D eigenvalue weighted by molar-refractivity contribution is 5.97. The summed E-state index contributed by atoms with van der Waals surface area (Å²) >= 11 is 0. The second-order valence-corrected chi connectivity index (χ2v) is 4.92. The molecular weight excluding hydrogens is 266 g/mol. The Morgan fingerprint density at radius 1 is 1.45 bits per heavy atom. The van der Waals surface area contributed by atoms with E-state index in [-0.39, 0.29) is 23.3 Å². The van der Waals surface area contributed by atoms with Crippen molar-refractivity contribution in [2.75, 3.05) is 13.1 Å². The van der Waals surface area contributed by atoms with Crippen LogP contribution in [0.3, 0.4) is 0 Å². The highest BCUT2D eigenvalue weighted by atomic mass is 19.3. The largest absolute Gasteiger partial charge is 0.434 e. The molecule has 0 aliphatic carbocycles. The molecule has 1 fully saturated rings. The Labute approximate surface area is 116 Å². The van der Waals surface area contributed by atoms with Crippen molar-refractivity contribution in [2.24, 2.45) is 5.92 Å². The molecule has 1 heterocycles. The van der Waals surface area contributed by atoms with Crippen molar-refractivity contribution in [1.82, 2.24) is 10.6 Å². The molecule has 20 heavy (non-hydrogen) atoms.